The van der Waals surface area contributed by atoms with Crippen molar-refractivity contribution in [2.45, 2.75) is 46.0 Å². The first-order valence-corrected chi connectivity index (χ1v) is 8.08. The van der Waals surface area contributed by atoms with Crippen LogP contribution in [0.1, 0.15) is 43.7 Å². The van der Waals surface area contributed by atoms with E-state index in [0.717, 1.165) is 31.3 Å². The second-order valence-corrected chi connectivity index (χ2v) is 7.09. The van der Waals surface area contributed by atoms with E-state index < -0.39 is 0 Å². The Kier molecular flexibility index (Phi) is 3.85. The number of rotatable bonds is 6. The van der Waals surface area contributed by atoms with E-state index in [9.17, 15) is 4.39 Å². The molecule has 2 atom stereocenters. The van der Waals surface area contributed by atoms with Crippen LogP contribution in [-0.4, -0.2) is 13.1 Å². The Hall–Kier alpha value is -0.890. The zero-order chi connectivity index (χ0) is 14.2. The van der Waals surface area contributed by atoms with Crippen LogP contribution in [0.2, 0.25) is 0 Å². The largest absolute Gasteiger partial charge is 0.316 e. The molecule has 2 heteroatoms. The van der Waals surface area contributed by atoms with Crippen LogP contribution in [0.4, 0.5) is 4.39 Å². The van der Waals surface area contributed by atoms with Crippen LogP contribution in [0.5, 0.6) is 0 Å². The van der Waals surface area contributed by atoms with Crippen LogP contribution in [0.25, 0.3) is 0 Å². The Bertz CT molecular complexity index is 472. The molecule has 0 aliphatic heterocycles. The molecule has 1 aromatic carbocycles. The molecule has 2 fully saturated rings. The van der Waals surface area contributed by atoms with Gasteiger partial charge in [0.25, 0.3) is 0 Å². The molecular weight excluding hydrogens is 249 g/mol. The Labute approximate surface area is 122 Å². The second kappa shape index (κ2) is 5.48. The highest BCUT2D eigenvalue weighted by Crippen LogP contribution is 2.60. The number of nitrogens with one attached hydrogen (secondary N) is 1. The van der Waals surface area contributed by atoms with Crippen LogP contribution in [0.15, 0.2) is 18.2 Å². The molecule has 0 bridgehead atoms. The lowest BCUT2D eigenvalue weighted by Crippen LogP contribution is -2.35. The van der Waals surface area contributed by atoms with Crippen molar-refractivity contribution >= 4 is 0 Å². The summed E-state index contributed by atoms with van der Waals surface area (Å²) in [5.74, 6) is 1.84. The Morgan fingerprint density at radius 2 is 2.05 bits per heavy atom. The van der Waals surface area contributed by atoms with Crippen LogP contribution in [0, 0.1) is 30.0 Å². The Morgan fingerprint density at radius 1 is 1.30 bits per heavy atom. The van der Waals surface area contributed by atoms with Crippen molar-refractivity contribution < 1.29 is 4.39 Å². The molecule has 0 amide bonds. The maximum absolute atomic E-state index is 13.5. The Balaban J connectivity index is 1.74. The summed E-state index contributed by atoms with van der Waals surface area (Å²) in [5, 5.41) is 3.62. The average Bonchev–Trinajstić information content (AvgIpc) is 3.03. The third-order valence-electron chi connectivity index (χ3n) is 5.26. The van der Waals surface area contributed by atoms with E-state index in [4.69, 9.17) is 0 Å². The monoisotopic (exact) mass is 275 g/mol. The van der Waals surface area contributed by atoms with Crippen LogP contribution in [-0.2, 0) is 6.42 Å². The van der Waals surface area contributed by atoms with Crippen LogP contribution in [0.3, 0.4) is 0 Å². The Morgan fingerprint density at radius 3 is 2.75 bits per heavy atom. The molecule has 2 aliphatic rings. The third kappa shape index (κ3) is 2.90. The van der Waals surface area contributed by atoms with Gasteiger partial charge in [0.15, 0.2) is 0 Å². The van der Waals surface area contributed by atoms with Gasteiger partial charge in [0, 0.05) is 6.54 Å². The number of aryl methyl sites for hydroxylation is 1. The van der Waals surface area contributed by atoms with E-state index in [2.05, 4.69) is 19.2 Å². The molecule has 2 aliphatic carbocycles. The van der Waals surface area contributed by atoms with Crippen molar-refractivity contribution in [1.29, 1.82) is 0 Å². The predicted molar refractivity (Wildman–Crippen MR) is 81.3 cm³/mol. The molecule has 2 unspecified atom stereocenters. The molecule has 20 heavy (non-hydrogen) atoms. The summed E-state index contributed by atoms with van der Waals surface area (Å²) < 4.78 is 13.5. The molecule has 1 aromatic rings. The molecule has 1 nitrogen and oxygen atoms in total. The summed E-state index contributed by atoms with van der Waals surface area (Å²) in [5.41, 5.74) is 2.83. The van der Waals surface area contributed by atoms with Crippen LogP contribution < -0.4 is 5.32 Å². The minimum absolute atomic E-state index is 0.0922. The van der Waals surface area contributed by atoms with Gasteiger partial charge in [-0.1, -0.05) is 13.0 Å². The molecule has 0 aromatic heterocycles. The maximum atomic E-state index is 13.5. The van der Waals surface area contributed by atoms with Gasteiger partial charge in [-0.15, -0.1) is 0 Å². The molecule has 110 valence electrons. The lowest BCUT2D eigenvalue weighted by Gasteiger charge is -2.32. The molecule has 0 radical (unpaired) electrons. The van der Waals surface area contributed by atoms with Gasteiger partial charge in [-0.25, -0.2) is 4.39 Å². The van der Waals surface area contributed by atoms with Gasteiger partial charge in [0.2, 0.25) is 0 Å². The number of fused-ring (bicyclic) bond motifs is 1. The van der Waals surface area contributed by atoms with Gasteiger partial charge in [-0.05, 0) is 86.1 Å². The van der Waals surface area contributed by atoms with Gasteiger partial charge in [-0.3, -0.25) is 0 Å². The fourth-order valence-electron chi connectivity index (χ4n) is 4.12. The number of hydrogen-bond donors (Lipinski definition) is 1. The minimum Gasteiger partial charge on any atom is -0.316 e. The van der Waals surface area contributed by atoms with Crippen molar-refractivity contribution in [1.82, 2.24) is 5.32 Å². The van der Waals surface area contributed by atoms with Crippen molar-refractivity contribution in [3.63, 3.8) is 0 Å². The zero-order valence-corrected chi connectivity index (χ0v) is 12.7. The molecule has 2 saturated carbocycles. The van der Waals surface area contributed by atoms with Gasteiger partial charge in [0.1, 0.15) is 5.82 Å². The van der Waals surface area contributed by atoms with Crippen molar-refractivity contribution in [2.75, 3.05) is 13.1 Å². The topological polar surface area (TPSA) is 12.0 Å². The molecule has 0 heterocycles. The van der Waals surface area contributed by atoms with E-state index in [0.29, 0.717) is 5.41 Å². The average molecular weight is 275 g/mol. The number of benzene rings is 1. The van der Waals surface area contributed by atoms with Crippen molar-refractivity contribution in [2.24, 2.45) is 17.3 Å². The molecular formula is C18H26FN. The van der Waals surface area contributed by atoms with Gasteiger partial charge in [0.05, 0.1) is 0 Å². The normalized spacial score (nSPS) is 31.4. The number of halogens is 1. The first kappa shape index (κ1) is 14.1. The van der Waals surface area contributed by atoms with Gasteiger partial charge < -0.3 is 5.32 Å². The summed E-state index contributed by atoms with van der Waals surface area (Å²) in [7, 11) is 0. The summed E-state index contributed by atoms with van der Waals surface area (Å²) in [6.45, 7) is 6.52. The highest BCUT2D eigenvalue weighted by Gasteiger charge is 2.53. The lowest BCUT2D eigenvalue weighted by atomic mass is 9.76. The standard InChI is InChI=1S/C18H26FN/c1-3-6-20-12-18(10-15-7-16(15)11-18)9-14-8-17(19)5-4-13(14)2/h4-5,8,15-16,20H,3,6-7,9-12H2,1-2H3. The highest BCUT2D eigenvalue weighted by molar-refractivity contribution is 5.28. The quantitative estimate of drug-likeness (QED) is 0.771. The predicted octanol–water partition coefficient (Wildman–Crippen LogP) is 4.09. The van der Waals surface area contributed by atoms with Gasteiger partial charge >= 0.3 is 0 Å². The van der Waals surface area contributed by atoms with Crippen molar-refractivity contribution in [3.05, 3.63) is 35.1 Å². The molecule has 1 N–H and O–H groups in total. The first-order valence-electron chi connectivity index (χ1n) is 8.08. The zero-order valence-electron chi connectivity index (χ0n) is 12.7. The second-order valence-electron chi connectivity index (χ2n) is 7.09. The van der Waals surface area contributed by atoms with E-state index in [-0.39, 0.29) is 5.82 Å². The smallest absolute Gasteiger partial charge is 0.123 e. The lowest BCUT2D eigenvalue weighted by molar-refractivity contribution is 0.248. The van der Waals surface area contributed by atoms with E-state index in [1.165, 1.54) is 36.8 Å². The SMILES string of the molecule is CCCNCC1(Cc2cc(F)ccc2C)CC2CC2C1. The van der Waals surface area contributed by atoms with E-state index in [1.54, 1.807) is 12.1 Å². The summed E-state index contributed by atoms with van der Waals surface area (Å²) >= 11 is 0. The summed E-state index contributed by atoms with van der Waals surface area (Å²) in [4.78, 5) is 0. The minimum atomic E-state index is -0.0922. The fourth-order valence-corrected chi connectivity index (χ4v) is 4.12. The van der Waals surface area contributed by atoms with E-state index >= 15 is 0 Å². The highest BCUT2D eigenvalue weighted by atomic mass is 19.1. The molecule has 0 spiro atoms. The number of hydrogen-bond acceptors (Lipinski definition) is 1. The fraction of sp³-hybridized carbons (Fsp3) is 0.667. The van der Waals surface area contributed by atoms with Crippen LogP contribution >= 0.6 is 0 Å². The maximum Gasteiger partial charge on any atom is 0.123 e. The van der Waals surface area contributed by atoms with E-state index in [1.807, 2.05) is 6.07 Å². The molecule has 3 rings (SSSR count). The summed E-state index contributed by atoms with van der Waals surface area (Å²) in [6.07, 6.45) is 6.34. The third-order valence-corrected chi connectivity index (χ3v) is 5.26. The van der Waals surface area contributed by atoms with Crippen molar-refractivity contribution in [3.8, 4) is 0 Å². The summed E-state index contributed by atoms with van der Waals surface area (Å²) in [6, 6.07) is 5.25. The molecule has 0 saturated heterocycles. The van der Waals surface area contributed by atoms with Gasteiger partial charge in [-0.2, -0.15) is 0 Å². The first-order chi connectivity index (χ1) is 9.62.